The van der Waals surface area contributed by atoms with Crippen LogP contribution in [0.4, 0.5) is 11.4 Å². The molecule has 1 fully saturated rings. The van der Waals surface area contributed by atoms with E-state index >= 15 is 0 Å². The second-order valence-corrected chi connectivity index (χ2v) is 7.53. The number of anilines is 2. The van der Waals surface area contributed by atoms with E-state index in [1.807, 2.05) is 0 Å². The fourth-order valence-corrected chi connectivity index (χ4v) is 3.54. The first-order valence-corrected chi connectivity index (χ1v) is 9.11. The van der Waals surface area contributed by atoms with Crippen molar-refractivity contribution < 1.29 is 8.42 Å². The van der Waals surface area contributed by atoms with Gasteiger partial charge >= 0.3 is 0 Å². The second-order valence-electron chi connectivity index (χ2n) is 5.64. The molecule has 1 saturated carbocycles. The zero-order chi connectivity index (χ0) is 15.3. The van der Waals surface area contributed by atoms with Gasteiger partial charge in [0.25, 0.3) is 0 Å². The molecule has 5 nitrogen and oxygen atoms in total. The summed E-state index contributed by atoms with van der Waals surface area (Å²) in [7, 11) is -2.04. The first-order valence-electron chi connectivity index (χ1n) is 7.62. The minimum atomic E-state index is -3.44. The van der Waals surface area contributed by atoms with Crippen LogP contribution >= 0.6 is 0 Å². The average Bonchev–Trinajstić information content (AvgIpc) is 2.43. The fraction of sp³-hybridized carbons (Fsp3) is 0.600. The predicted octanol–water partition coefficient (Wildman–Crippen LogP) is 2.70. The minimum Gasteiger partial charge on any atom is -0.397 e. The molecule has 0 atom stereocenters. The molecule has 21 heavy (non-hydrogen) atoms. The largest absolute Gasteiger partial charge is 0.397 e. The Bertz CT molecular complexity index is 564. The van der Waals surface area contributed by atoms with Gasteiger partial charge in [-0.3, -0.25) is 0 Å². The van der Waals surface area contributed by atoms with E-state index < -0.39 is 10.0 Å². The van der Waals surface area contributed by atoms with Crippen molar-refractivity contribution in [3.8, 4) is 0 Å². The summed E-state index contributed by atoms with van der Waals surface area (Å²) in [6.07, 6.45) is 8.71. The highest BCUT2D eigenvalue weighted by molar-refractivity contribution is 7.89. The predicted molar refractivity (Wildman–Crippen MR) is 86.8 cm³/mol. The number of nitrogens with one attached hydrogen (secondary N) is 2. The quantitative estimate of drug-likeness (QED) is 0.746. The summed E-state index contributed by atoms with van der Waals surface area (Å²) < 4.78 is 25.8. The molecular formula is C15H25N3O2S. The molecular weight excluding hydrogens is 286 g/mol. The summed E-state index contributed by atoms with van der Waals surface area (Å²) in [5.41, 5.74) is 7.31. The van der Waals surface area contributed by atoms with Gasteiger partial charge in [-0.2, -0.15) is 0 Å². The number of hydrogen-bond acceptors (Lipinski definition) is 4. The van der Waals surface area contributed by atoms with Crippen LogP contribution < -0.4 is 15.8 Å². The molecule has 1 aromatic rings. The fourth-order valence-electron chi connectivity index (χ4n) is 2.78. The van der Waals surface area contributed by atoms with Crippen molar-refractivity contribution in [1.82, 2.24) is 4.72 Å². The van der Waals surface area contributed by atoms with Crippen LogP contribution in [0, 0.1) is 0 Å². The molecule has 0 radical (unpaired) electrons. The lowest BCUT2D eigenvalue weighted by Crippen LogP contribution is -2.22. The summed E-state index contributed by atoms with van der Waals surface area (Å²) in [6.45, 7) is 0. The maximum absolute atomic E-state index is 11.8. The van der Waals surface area contributed by atoms with Crippen molar-refractivity contribution in [3.63, 3.8) is 0 Å². The van der Waals surface area contributed by atoms with Crippen molar-refractivity contribution >= 4 is 21.4 Å². The van der Waals surface area contributed by atoms with E-state index in [1.165, 1.54) is 45.2 Å². The molecule has 0 bridgehead atoms. The van der Waals surface area contributed by atoms with Crippen LogP contribution in [0.5, 0.6) is 0 Å². The summed E-state index contributed by atoms with van der Waals surface area (Å²) in [5.74, 6) is 0. The Balaban J connectivity index is 2.10. The first-order chi connectivity index (χ1) is 10.0. The van der Waals surface area contributed by atoms with Gasteiger partial charge < -0.3 is 11.1 Å². The van der Waals surface area contributed by atoms with Crippen LogP contribution in [0.25, 0.3) is 0 Å². The van der Waals surface area contributed by atoms with Gasteiger partial charge in [0.2, 0.25) is 10.0 Å². The smallest absolute Gasteiger partial charge is 0.240 e. The van der Waals surface area contributed by atoms with E-state index in [0.717, 1.165) is 18.5 Å². The summed E-state index contributed by atoms with van der Waals surface area (Å²) in [4.78, 5) is 0.200. The summed E-state index contributed by atoms with van der Waals surface area (Å²) in [5, 5.41) is 3.47. The standard InChI is InChI=1S/C15H25N3O2S/c1-17-21(19,20)13-9-10-15(14(16)11-13)18-12-7-5-3-2-4-6-8-12/h9-12,17-18H,2-8,16H2,1H3. The number of hydrogen-bond donors (Lipinski definition) is 3. The summed E-state index contributed by atoms with van der Waals surface area (Å²) >= 11 is 0. The van der Waals surface area contributed by atoms with E-state index in [2.05, 4.69) is 10.0 Å². The lowest BCUT2D eigenvalue weighted by Gasteiger charge is -2.23. The van der Waals surface area contributed by atoms with E-state index in [4.69, 9.17) is 5.73 Å². The molecule has 0 heterocycles. The number of rotatable bonds is 4. The zero-order valence-corrected chi connectivity index (χ0v) is 13.4. The molecule has 0 saturated heterocycles. The molecule has 1 aliphatic rings. The molecule has 118 valence electrons. The topological polar surface area (TPSA) is 84.2 Å². The van der Waals surface area contributed by atoms with Crippen LogP contribution in [0.1, 0.15) is 44.9 Å². The normalized spacial score (nSPS) is 18.0. The molecule has 0 spiro atoms. The highest BCUT2D eigenvalue weighted by Gasteiger charge is 2.15. The molecule has 0 aromatic heterocycles. The maximum atomic E-state index is 11.8. The van der Waals surface area contributed by atoms with E-state index in [-0.39, 0.29) is 4.90 Å². The van der Waals surface area contributed by atoms with Gasteiger partial charge in [0.05, 0.1) is 16.3 Å². The van der Waals surface area contributed by atoms with Gasteiger partial charge in [-0.25, -0.2) is 13.1 Å². The van der Waals surface area contributed by atoms with Crippen molar-refractivity contribution in [2.75, 3.05) is 18.1 Å². The van der Waals surface area contributed by atoms with Crippen LogP contribution in [0.15, 0.2) is 23.1 Å². The molecule has 0 amide bonds. The SMILES string of the molecule is CNS(=O)(=O)c1ccc(NC2CCCCCCC2)c(N)c1. The first kappa shape index (κ1) is 16.1. The Morgan fingerprint density at radius 3 is 2.29 bits per heavy atom. The van der Waals surface area contributed by atoms with Gasteiger partial charge in [-0.05, 0) is 38.1 Å². The van der Waals surface area contributed by atoms with Crippen molar-refractivity contribution in [3.05, 3.63) is 18.2 Å². The third kappa shape index (κ3) is 4.35. The third-order valence-corrected chi connectivity index (χ3v) is 5.48. The molecule has 1 aliphatic carbocycles. The number of nitrogens with two attached hydrogens (primary N) is 1. The number of benzene rings is 1. The van der Waals surface area contributed by atoms with Crippen LogP contribution in [-0.2, 0) is 10.0 Å². The van der Waals surface area contributed by atoms with Crippen molar-refractivity contribution in [2.45, 2.75) is 55.9 Å². The van der Waals surface area contributed by atoms with Gasteiger partial charge in [0.1, 0.15) is 0 Å². The molecule has 0 unspecified atom stereocenters. The third-order valence-electron chi connectivity index (χ3n) is 4.07. The highest BCUT2D eigenvalue weighted by Crippen LogP contribution is 2.26. The van der Waals surface area contributed by atoms with Crippen LogP contribution in [-0.4, -0.2) is 21.5 Å². The molecule has 6 heteroatoms. The molecule has 0 aliphatic heterocycles. The van der Waals surface area contributed by atoms with Crippen LogP contribution in [0.2, 0.25) is 0 Å². The Hall–Kier alpha value is -1.27. The zero-order valence-electron chi connectivity index (χ0n) is 12.6. The lowest BCUT2D eigenvalue weighted by molar-refractivity contribution is 0.471. The maximum Gasteiger partial charge on any atom is 0.240 e. The Morgan fingerprint density at radius 2 is 1.71 bits per heavy atom. The van der Waals surface area contributed by atoms with Gasteiger partial charge in [0.15, 0.2) is 0 Å². The van der Waals surface area contributed by atoms with Crippen LogP contribution in [0.3, 0.4) is 0 Å². The van der Waals surface area contributed by atoms with Gasteiger partial charge in [-0.1, -0.05) is 32.1 Å². The highest BCUT2D eigenvalue weighted by atomic mass is 32.2. The Morgan fingerprint density at radius 1 is 1.10 bits per heavy atom. The molecule has 4 N–H and O–H groups in total. The van der Waals surface area contributed by atoms with Crippen molar-refractivity contribution in [2.24, 2.45) is 0 Å². The number of sulfonamides is 1. The van der Waals surface area contributed by atoms with E-state index in [0.29, 0.717) is 11.7 Å². The van der Waals surface area contributed by atoms with Gasteiger partial charge in [-0.15, -0.1) is 0 Å². The monoisotopic (exact) mass is 311 g/mol. The van der Waals surface area contributed by atoms with E-state index in [1.54, 1.807) is 12.1 Å². The van der Waals surface area contributed by atoms with E-state index in [9.17, 15) is 8.42 Å². The number of nitrogen functional groups attached to an aromatic ring is 1. The average molecular weight is 311 g/mol. The summed E-state index contributed by atoms with van der Waals surface area (Å²) in [6, 6.07) is 5.29. The Labute approximate surface area is 127 Å². The molecule has 1 aromatic carbocycles. The minimum absolute atomic E-state index is 0.200. The lowest BCUT2D eigenvalue weighted by atomic mass is 9.96. The second kappa shape index (κ2) is 7.13. The van der Waals surface area contributed by atoms with Gasteiger partial charge in [0, 0.05) is 6.04 Å². The van der Waals surface area contributed by atoms with Crippen molar-refractivity contribution in [1.29, 1.82) is 0 Å². The Kier molecular flexibility index (Phi) is 5.47. The molecule has 2 rings (SSSR count).